The van der Waals surface area contributed by atoms with E-state index >= 15 is 0 Å². The van der Waals surface area contributed by atoms with Crippen molar-refractivity contribution in [1.82, 2.24) is 0 Å². The maximum Gasteiger partial charge on any atom is 0.416 e. The quantitative estimate of drug-likeness (QED) is 0.313. The van der Waals surface area contributed by atoms with Crippen molar-refractivity contribution in [2.75, 3.05) is 18.5 Å². The van der Waals surface area contributed by atoms with Crippen molar-refractivity contribution in [3.05, 3.63) is 100 Å². The lowest BCUT2D eigenvalue weighted by Gasteiger charge is -2.24. The second-order valence-corrected chi connectivity index (χ2v) is 7.02. The van der Waals surface area contributed by atoms with Gasteiger partial charge >= 0.3 is 6.18 Å². The topological polar surface area (TPSA) is 55.6 Å². The highest BCUT2D eigenvalue weighted by molar-refractivity contribution is 5.50. The van der Waals surface area contributed by atoms with Crippen LogP contribution in [0.25, 0.3) is 0 Å². The molecule has 0 bridgehead atoms. The van der Waals surface area contributed by atoms with Crippen molar-refractivity contribution in [3.8, 4) is 5.75 Å². The van der Waals surface area contributed by atoms with E-state index in [2.05, 4.69) is 0 Å². The first-order valence-corrected chi connectivity index (χ1v) is 9.58. The van der Waals surface area contributed by atoms with Crippen LogP contribution in [0.15, 0.2) is 78.9 Å². The first kappa shape index (κ1) is 22.1. The molecule has 8 heteroatoms. The van der Waals surface area contributed by atoms with E-state index in [9.17, 15) is 23.3 Å². The Labute approximate surface area is 177 Å². The fourth-order valence-electron chi connectivity index (χ4n) is 3.12. The zero-order valence-corrected chi connectivity index (χ0v) is 16.8. The lowest BCUT2D eigenvalue weighted by molar-refractivity contribution is -0.384. The summed E-state index contributed by atoms with van der Waals surface area (Å²) in [5, 5.41) is 10.8. The molecule has 0 heterocycles. The smallest absolute Gasteiger partial charge is 0.416 e. The number of benzene rings is 3. The number of alkyl halides is 3. The SMILES string of the molecule is CN(CCC(Oc1ccc(C(F)(F)F)cc1)c1ccccc1)c1ccc([N+](=O)[O-])cc1. The van der Waals surface area contributed by atoms with Crippen LogP contribution < -0.4 is 9.64 Å². The van der Waals surface area contributed by atoms with Crippen LogP contribution in [0, 0.1) is 10.1 Å². The van der Waals surface area contributed by atoms with Crippen molar-refractivity contribution >= 4 is 11.4 Å². The number of nitro benzene ring substituents is 1. The zero-order chi connectivity index (χ0) is 22.4. The van der Waals surface area contributed by atoms with E-state index in [1.165, 1.54) is 24.3 Å². The molecule has 0 saturated carbocycles. The summed E-state index contributed by atoms with van der Waals surface area (Å²) in [4.78, 5) is 12.3. The molecule has 0 aromatic heterocycles. The lowest BCUT2D eigenvalue weighted by Crippen LogP contribution is -2.22. The van der Waals surface area contributed by atoms with Gasteiger partial charge in [-0.25, -0.2) is 0 Å². The Morgan fingerprint density at radius 1 is 0.968 bits per heavy atom. The summed E-state index contributed by atoms with van der Waals surface area (Å²) >= 11 is 0. The number of ether oxygens (including phenoxy) is 1. The van der Waals surface area contributed by atoms with Gasteiger partial charge in [0, 0.05) is 37.8 Å². The van der Waals surface area contributed by atoms with Crippen LogP contribution in [0.2, 0.25) is 0 Å². The molecule has 1 unspecified atom stereocenters. The molecule has 0 saturated heterocycles. The number of hydrogen-bond acceptors (Lipinski definition) is 4. The van der Waals surface area contributed by atoms with Gasteiger partial charge in [-0.15, -0.1) is 0 Å². The molecular weight excluding hydrogens is 409 g/mol. The summed E-state index contributed by atoms with van der Waals surface area (Å²) in [5.74, 6) is 0.347. The summed E-state index contributed by atoms with van der Waals surface area (Å²) in [5.41, 5.74) is 1.01. The van der Waals surface area contributed by atoms with E-state index in [1.807, 2.05) is 42.3 Å². The summed E-state index contributed by atoms with van der Waals surface area (Å²) in [6.07, 6.45) is -4.22. The van der Waals surface area contributed by atoms with E-state index < -0.39 is 16.7 Å². The molecule has 3 aromatic rings. The predicted octanol–water partition coefficient (Wildman–Crippen LogP) is 6.26. The number of rotatable bonds is 8. The Morgan fingerprint density at radius 2 is 1.58 bits per heavy atom. The largest absolute Gasteiger partial charge is 0.486 e. The molecule has 0 aliphatic carbocycles. The fourth-order valence-corrected chi connectivity index (χ4v) is 3.12. The minimum absolute atomic E-state index is 0.0185. The summed E-state index contributed by atoms with van der Waals surface area (Å²) < 4.78 is 44.4. The Hall–Kier alpha value is -3.55. The molecule has 3 rings (SSSR count). The highest BCUT2D eigenvalue weighted by Crippen LogP contribution is 2.32. The predicted molar refractivity (Wildman–Crippen MR) is 112 cm³/mol. The van der Waals surface area contributed by atoms with Crippen molar-refractivity contribution in [2.45, 2.75) is 18.7 Å². The van der Waals surface area contributed by atoms with Gasteiger partial charge in [0.05, 0.1) is 10.5 Å². The Bertz CT molecular complexity index is 991. The van der Waals surface area contributed by atoms with Crippen molar-refractivity contribution in [2.24, 2.45) is 0 Å². The first-order valence-electron chi connectivity index (χ1n) is 9.58. The minimum Gasteiger partial charge on any atom is -0.486 e. The Kier molecular flexibility index (Phi) is 6.79. The van der Waals surface area contributed by atoms with E-state index in [1.54, 1.807) is 12.1 Å². The highest BCUT2D eigenvalue weighted by Gasteiger charge is 2.30. The lowest BCUT2D eigenvalue weighted by atomic mass is 10.1. The zero-order valence-electron chi connectivity index (χ0n) is 16.8. The third-order valence-corrected chi connectivity index (χ3v) is 4.86. The molecule has 0 radical (unpaired) electrons. The normalized spacial score (nSPS) is 12.3. The molecule has 162 valence electrons. The van der Waals surface area contributed by atoms with E-state index in [0.29, 0.717) is 18.7 Å². The van der Waals surface area contributed by atoms with E-state index in [-0.39, 0.29) is 11.8 Å². The van der Waals surface area contributed by atoms with Crippen LogP contribution in [0.1, 0.15) is 23.7 Å². The fraction of sp³-hybridized carbons (Fsp3) is 0.217. The molecule has 0 fully saturated rings. The van der Waals surface area contributed by atoms with Crippen LogP contribution >= 0.6 is 0 Å². The van der Waals surface area contributed by atoms with Gasteiger partial charge in [0.2, 0.25) is 0 Å². The van der Waals surface area contributed by atoms with Crippen LogP contribution in [0.5, 0.6) is 5.75 Å². The number of non-ortho nitro benzene ring substituents is 1. The van der Waals surface area contributed by atoms with Gasteiger partial charge < -0.3 is 9.64 Å². The minimum atomic E-state index is -4.40. The van der Waals surface area contributed by atoms with Gasteiger partial charge in [0.15, 0.2) is 0 Å². The average molecular weight is 430 g/mol. The maximum atomic E-state index is 12.8. The Balaban J connectivity index is 1.71. The van der Waals surface area contributed by atoms with Crippen LogP contribution in [0.4, 0.5) is 24.5 Å². The van der Waals surface area contributed by atoms with Crippen LogP contribution in [0.3, 0.4) is 0 Å². The van der Waals surface area contributed by atoms with Gasteiger partial charge in [-0.1, -0.05) is 30.3 Å². The van der Waals surface area contributed by atoms with Crippen molar-refractivity contribution < 1.29 is 22.8 Å². The molecule has 5 nitrogen and oxygen atoms in total. The summed E-state index contributed by atoms with van der Waals surface area (Å²) in [7, 11) is 1.86. The average Bonchev–Trinajstić information content (AvgIpc) is 2.76. The second-order valence-electron chi connectivity index (χ2n) is 7.02. The molecule has 0 spiro atoms. The van der Waals surface area contributed by atoms with Gasteiger partial charge in [0.1, 0.15) is 11.9 Å². The number of nitrogens with zero attached hydrogens (tertiary/aromatic N) is 2. The van der Waals surface area contributed by atoms with E-state index in [0.717, 1.165) is 23.4 Å². The van der Waals surface area contributed by atoms with Crippen LogP contribution in [-0.4, -0.2) is 18.5 Å². The van der Waals surface area contributed by atoms with Crippen LogP contribution in [-0.2, 0) is 6.18 Å². The molecule has 0 N–H and O–H groups in total. The molecule has 31 heavy (non-hydrogen) atoms. The molecule has 0 aliphatic rings. The van der Waals surface area contributed by atoms with Gasteiger partial charge in [-0.3, -0.25) is 10.1 Å². The highest BCUT2D eigenvalue weighted by atomic mass is 19.4. The van der Waals surface area contributed by atoms with Gasteiger partial charge in [-0.2, -0.15) is 13.2 Å². The Morgan fingerprint density at radius 3 is 2.13 bits per heavy atom. The molecule has 1 atom stereocenters. The maximum absolute atomic E-state index is 12.8. The third kappa shape index (κ3) is 5.97. The van der Waals surface area contributed by atoms with Crippen molar-refractivity contribution in [3.63, 3.8) is 0 Å². The molecular formula is C23H21F3N2O3. The monoisotopic (exact) mass is 430 g/mol. The molecule has 0 aliphatic heterocycles. The number of halogens is 3. The van der Waals surface area contributed by atoms with Crippen molar-refractivity contribution in [1.29, 1.82) is 0 Å². The third-order valence-electron chi connectivity index (χ3n) is 4.86. The number of anilines is 1. The summed E-state index contributed by atoms with van der Waals surface area (Å²) in [6, 6.07) is 20.3. The van der Waals surface area contributed by atoms with E-state index in [4.69, 9.17) is 4.74 Å². The van der Waals surface area contributed by atoms with Gasteiger partial charge in [-0.05, 0) is 42.0 Å². The second kappa shape index (κ2) is 9.51. The first-order chi connectivity index (χ1) is 14.7. The van der Waals surface area contributed by atoms with Gasteiger partial charge in [0.25, 0.3) is 5.69 Å². The number of hydrogen-bond donors (Lipinski definition) is 0. The molecule has 0 amide bonds. The summed E-state index contributed by atoms with van der Waals surface area (Å²) in [6.45, 7) is 0.567. The standard InChI is InChI=1S/C23H21F3N2O3/c1-27(19-9-11-20(12-10-19)28(29)30)16-15-22(17-5-3-2-4-6-17)31-21-13-7-18(8-14-21)23(24,25)26/h2-14,22H,15-16H2,1H3. The number of nitro groups is 1. The molecule has 3 aromatic carbocycles.